The van der Waals surface area contributed by atoms with Crippen LogP contribution in [-0.2, 0) is 17.6 Å². The molecule has 4 aromatic rings. The number of methoxy groups -OCH3 is 1. The molecule has 9 heteroatoms. The Kier molecular flexibility index (Phi) is 4.31. The molecule has 4 heterocycles. The number of carbonyl (C=O) groups is 1. The van der Waals surface area contributed by atoms with Crippen LogP contribution >= 0.6 is 11.3 Å². The van der Waals surface area contributed by atoms with E-state index in [-0.39, 0.29) is 5.92 Å². The largest absolute Gasteiger partial charge is 0.494 e. The van der Waals surface area contributed by atoms with Crippen LogP contribution in [-0.4, -0.2) is 51.2 Å². The molecule has 1 fully saturated rings. The van der Waals surface area contributed by atoms with Gasteiger partial charge in [-0.05, 0) is 37.3 Å². The van der Waals surface area contributed by atoms with Gasteiger partial charge in [0.25, 0.3) is 0 Å². The molecule has 2 aliphatic rings. The normalized spacial score (nSPS) is 18.1. The van der Waals surface area contributed by atoms with Gasteiger partial charge < -0.3 is 15.0 Å². The van der Waals surface area contributed by atoms with Crippen molar-refractivity contribution in [1.29, 1.82) is 0 Å². The van der Waals surface area contributed by atoms with E-state index < -0.39 is 0 Å². The lowest BCUT2D eigenvalue weighted by molar-refractivity contribution is -0.139. The molecule has 1 saturated heterocycles. The average molecular weight is 435 g/mol. The number of thiophene rings is 1. The molecule has 0 bridgehead atoms. The Morgan fingerprint density at radius 1 is 1.32 bits per heavy atom. The molecule has 1 aliphatic carbocycles. The predicted molar refractivity (Wildman–Crippen MR) is 120 cm³/mol. The third-order valence-corrected chi connectivity index (χ3v) is 7.54. The SMILES string of the molecule is COc1cc2[nH]ncc2cc1Nc1ncnc2sc3c(c12)CC[C@@H](C(=O)N1CCC1)C3. The van der Waals surface area contributed by atoms with Gasteiger partial charge in [0, 0.05) is 35.3 Å². The number of nitrogens with one attached hydrogen (secondary N) is 2. The first kappa shape index (κ1) is 18.6. The topological polar surface area (TPSA) is 96.0 Å². The van der Waals surface area contributed by atoms with Crippen LogP contribution in [0.4, 0.5) is 11.5 Å². The first-order chi connectivity index (χ1) is 15.2. The number of aryl methyl sites for hydroxylation is 1. The number of carbonyl (C=O) groups excluding carboxylic acids is 1. The van der Waals surface area contributed by atoms with Gasteiger partial charge in [0.05, 0.1) is 29.9 Å². The molecule has 1 aromatic carbocycles. The maximum absolute atomic E-state index is 12.7. The van der Waals surface area contributed by atoms with Crippen LogP contribution < -0.4 is 10.1 Å². The summed E-state index contributed by atoms with van der Waals surface area (Å²) < 4.78 is 5.59. The summed E-state index contributed by atoms with van der Waals surface area (Å²) in [5, 5.41) is 12.6. The van der Waals surface area contributed by atoms with Crippen molar-refractivity contribution in [2.75, 3.05) is 25.5 Å². The molecular weight excluding hydrogens is 412 g/mol. The summed E-state index contributed by atoms with van der Waals surface area (Å²) >= 11 is 1.69. The summed E-state index contributed by atoms with van der Waals surface area (Å²) in [7, 11) is 1.65. The fraction of sp³-hybridized carbons (Fsp3) is 0.364. The first-order valence-corrected chi connectivity index (χ1v) is 11.3. The van der Waals surface area contributed by atoms with Crippen molar-refractivity contribution >= 4 is 49.9 Å². The third kappa shape index (κ3) is 3.03. The van der Waals surface area contributed by atoms with Gasteiger partial charge in [-0.2, -0.15) is 5.10 Å². The van der Waals surface area contributed by atoms with Crippen molar-refractivity contribution in [2.24, 2.45) is 5.92 Å². The minimum absolute atomic E-state index is 0.0915. The van der Waals surface area contributed by atoms with Gasteiger partial charge >= 0.3 is 0 Å². The summed E-state index contributed by atoms with van der Waals surface area (Å²) in [6.07, 6.45) is 7.07. The molecule has 0 radical (unpaired) electrons. The Morgan fingerprint density at radius 2 is 2.23 bits per heavy atom. The Hall–Kier alpha value is -3.20. The number of amides is 1. The molecule has 3 aromatic heterocycles. The second-order valence-electron chi connectivity index (χ2n) is 8.16. The number of aromatic nitrogens is 4. The van der Waals surface area contributed by atoms with Crippen molar-refractivity contribution in [1.82, 2.24) is 25.1 Å². The number of ether oxygens (including phenoxy) is 1. The van der Waals surface area contributed by atoms with Crippen molar-refractivity contribution < 1.29 is 9.53 Å². The number of rotatable bonds is 4. The highest BCUT2D eigenvalue weighted by atomic mass is 32.1. The van der Waals surface area contributed by atoms with Crippen molar-refractivity contribution in [3.8, 4) is 5.75 Å². The van der Waals surface area contributed by atoms with Crippen LogP contribution in [0.5, 0.6) is 5.75 Å². The van der Waals surface area contributed by atoms with Gasteiger partial charge in [0.2, 0.25) is 5.91 Å². The van der Waals surface area contributed by atoms with Crippen LogP contribution in [0, 0.1) is 5.92 Å². The van der Waals surface area contributed by atoms with Crippen LogP contribution in [0.2, 0.25) is 0 Å². The molecule has 1 amide bonds. The lowest BCUT2D eigenvalue weighted by atomic mass is 9.86. The second-order valence-corrected chi connectivity index (χ2v) is 9.24. The zero-order chi connectivity index (χ0) is 20.9. The number of H-pyrrole nitrogens is 1. The summed E-state index contributed by atoms with van der Waals surface area (Å²) in [5.74, 6) is 1.90. The molecule has 8 nitrogen and oxygen atoms in total. The van der Waals surface area contributed by atoms with Crippen LogP contribution in [0.15, 0.2) is 24.7 Å². The Bertz CT molecular complexity index is 1310. The lowest BCUT2D eigenvalue weighted by Crippen LogP contribution is -2.46. The smallest absolute Gasteiger partial charge is 0.226 e. The zero-order valence-corrected chi connectivity index (χ0v) is 18.0. The molecule has 1 atom stereocenters. The quantitative estimate of drug-likeness (QED) is 0.509. The molecule has 2 N–H and O–H groups in total. The molecule has 0 unspecified atom stereocenters. The van der Waals surface area contributed by atoms with Gasteiger partial charge in [0.1, 0.15) is 22.7 Å². The van der Waals surface area contributed by atoms with Gasteiger partial charge in [-0.25, -0.2) is 9.97 Å². The third-order valence-electron chi connectivity index (χ3n) is 6.38. The lowest BCUT2D eigenvalue weighted by Gasteiger charge is -2.35. The molecular formula is C22H22N6O2S. The minimum Gasteiger partial charge on any atom is -0.494 e. The molecule has 158 valence electrons. The van der Waals surface area contributed by atoms with Crippen molar-refractivity contribution in [2.45, 2.75) is 25.7 Å². The van der Waals surface area contributed by atoms with E-state index in [1.807, 2.05) is 17.0 Å². The van der Waals surface area contributed by atoms with Gasteiger partial charge in [-0.15, -0.1) is 11.3 Å². The maximum atomic E-state index is 12.7. The number of fused-ring (bicyclic) bond motifs is 4. The Balaban J connectivity index is 1.37. The summed E-state index contributed by atoms with van der Waals surface area (Å²) in [4.78, 5) is 26.0. The van der Waals surface area contributed by atoms with E-state index in [4.69, 9.17) is 4.74 Å². The minimum atomic E-state index is 0.0915. The highest BCUT2D eigenvalue weighted by Crippen LogP contribution is 2.42. The van der Waals surface area contributed by atoms with Crippen LogP contribution in [0.25, 0.3) is 21.1 Å². The number of anilines is 2. The standard InChI is InChI=1S/C22H22N6O2S/c1-30-17-9-15-13(10-25-27-15)7-16(17)26-20-19-14-4-3-12(22(29)28-5-2-6-28)8-18(14)31-21(19)24-11-23-20/h7,9-12H,2-6,8H2,1H3,(H,25,27)(H,23,24,26)/t12-/m1/s1. The molecule has 0 spiro atoms. The van der Waals surface area contributed by atoms with E-state index in [2.05, 4.69) is 25.5 Å². The van der Waals surface area contributed by atoms with Gasteiger partial charge in [0.15, 0.2) is 0 Å². The van der Waals surface area contributed by atoms with E-state index in [9.17, 15) is 4.79 Å². The Labute approximate surface area is 182 Å². The molecule has 6 rings (SSSR count). The van der Waals surface area contributed by atoms with Crippen molar-refractivity contribution in [3.05, 3.63) is 35.1 Å². The highest BCUT2D eigenvalue weighted by Gasteiger charge is 2.33. The fourth-order valence-corrected chi connectivity index (χ4v) is 5.84. The fourth-order valence-electron chi connectivity index (χ4n) is 4.58. The van der Waals surface area contributed by atoms with E-state index in [0.717, 1.165) is 71.4 Å². The van der Waals surface area contributed by atoms with Gasteiger partial charge in [-0.3, -0.25) is 9.89 Å². The number of hydrogen-bond donors (Lipinski definition) is 2. The van der Waals surface area contributed by atoms with Crippen LogP contribution in [0.3, 0.4) is 0 Å². The summed E-state index contributed by atoms with van der Waals surface area (Å²) in [5.41, 5.74) is 3.03. The maximum Gasteiger partial charge on any atom is 0.226 e. The molecule has 1 aliphatic heterocycles. The number of hydrogen-bond acceptors (Lipinski definition) is 7. The van der Waals surface area contributed by atoms with E-state index in [1.165, 1.54) is 10.4 Å². The number of benzene rings is 1. The second kappa shape index (κ2) is 7.19. The van der Waals surface area contributed by atoms with E-state index in [0.29, 0.717) is 11.7 Å². The first-order valence-electron chi connectivity index (χ1n) is 10.5. The number of likely N-dealkylation sites (tertiary alicyclic amines) is 1. The summed E-state index contributed by atoms with van der Waals surface area (Å²) in [6, 6.07) is 3.93. The van der Waals surface area contributed by atoms with Crippen molar-refractivity contribution in [3.63, 3.8) is 0 Å². The zero-order valence-electron chi connectivity index (χ0n) is 17.1. The van der Waals surface area contributed by atoms with Crippen LogP contribution in [0.1, 0.15) is 23.3 Å². The molecule has 31 heavy (non-hydrogen) atoms. The summed E-state index contributed by atoms with van der Waals surface area (Å²) in [6.45, 7) is 1.83. The van der Waals surface area contributed by atoms with Gasteiger partial charge in [-0.1, -0.05) is 0 Å². The number of nitrogens with zero attached hydrogens (tertiary/aromatic N) is 4. The number of aromatic amines is 1. The highest BCUT2D eigenvalue weighted by molar-refractivity contribution is 7.19. The van der Waals surface area contributed by atoms with E-state index in [1.54, 1.807) is 31.0 Å². The monoisotopic (exact) mass is 434 g/mol. The molecule has 0 saturated carbocycles. The Morgan fingerprint density at radius 3 is 3.03 bits per heavy atom. The predicted octanol–water partition coefficient (Wildman–Crippen LogP) is 3.66. The average Bonchev–Trinajstić information content (AvgIpc) is 3.35. The van der Waals surface area contributed by atoms with E-state index >= 15 is 0 Å².